The first kappa shape index (κ1) is 6.43. The van der Waals surface area contributed by atoms with Gasteiger partial charge in [0.1, 0.15) is 12.3 Å². The molecule has 0 radical (unpaired) electrons. The summed E-state index contributed by atoms with van der Waals surface area (Å²) in [5.74, 6) is 0. The van der Waals surface area contributed by atoms with Crippen LogP contribution in [-0.2, 0) is 0 Å². The van der Waals surface area contributed by atoms with Crippen molar-refractivity contribution in [3.05, 3.63) is 24.5 Å². The zero-order chi connectivity index (χ0) is 7.23. The highest BCUT2D eigenvalue weighted by atomic mass is 14.8. The zero-order valence-electron chi connectivity index (χ0n) is 5.23. The van der Waals surface area contributed by atoms with Gasteiger partial charge in [-0.2, -0.15) is 5.26 Å². The number of pyridine rings is 1. The smallest absolute Gasteiger partial charge is 0.111 e. The Morgan fingerprint density at radius 1 is 1.70 bits per heavy atom. The Morgan fingerprint density at radius 2 is 2.60 bits per heavy atom. The number of aliphatic imine (C=N–C) groups is 1. The minimum absolute atomic E-state index is 0.698. The molecule has 0 fully saturated rings. The molecule has 0 bridgehead atoms. The molecule has 1 aromatic rings. The van der Waals surface area contributed by atoms with Crippen LogP contribution in [0.15, 0.2) is 29.5 Å². The summed E-state index contributed by atoms with van der Waals surface area (Å²) < 4.78 is 0. The van der Waals surface area contributed by atoms with Crippen LogP contribution >= 0.6 is 0 Å². The van der Waals surface area contributed by atoms with Gasteiger partial charge in [-0.1, -0.05) is 0 Å². The first-order chi connectivity index (χ1) is 4.93. The van der Waals surface area contributed by atoms with Crippen molar-refractivity contribution in [2.75, 3.05) is 0 Å². The maximum absolute atomic E-state index is 8.11. The fourth-order valence-corrected chi connectivity index (χ4v) is 0.534. The maximum Gasteiger partial charge on any atom is 0.111 e. The minimum atomic E-state index is 0.698. The standard InChI is InChI=1S/C7H5N3/c8-3-5-10-7-2-1-4-9-6-7/h1-2,4-6H. The van der Waals surface area contributed by atoms with Gasteiger partial charge in [0.2, 0.25) is 0 Å². The van der Waals surface area contributed by atoms with Gasteiger partial charge in [0.05, 0.1) is 11.9 Å². The number of nitriles is 1. The van der Waals surface area contributed by atoms with Crippen LogP contribution in [0.1, 0.15) is 0 Å². The SMILES string of the molecule is N#CC=Nc1cccnc1. The molecular formula is C7H5N3. The maximum atomic E-state index is 8.11. The Kier molecular flexibility index (Phi) is 2.16. The second-order valence-corrected chi connectivity index (χ2v) is 1.60. The first-order valence-electron chi connectivity index (χ1n) is 2.75. The molecule has 0 aromatic carbocycles. The van der Waals surface area contributed by atoms with E-state index in [4.69, 9.17) is 5.26 Å². The topological polar surface area (TPSA) is 49.0 Å². The van der Waals surface area contributed by atoms with E-state index in [2.05, 4.69) is 9.98 Å². The highest BCUT2D eigenvalue weighted by Gasteiger charge is 1.81. The molecule has 0 unspecified atom stereocenters. The molecule has 0 amide bonds. The van der Waals surface area contributed by atoms with Crippen molar-refractivity contribution in [1.82, 2.24) is 4.98 Å². The third-order valence-electron chi connectivity index (χ3n) is 0.917. The fraction of sp³-hybridized carbons (Fsp3) is 0. The monoisotopic (exact) mass is 131 g/mol. The highest BCUT2D eigenvalue weighted by Crippen LogP contribution is 2.05. The average Bonchev–Trinajstić information content (AvgIpc) is 2.03. The van der Waals surface area contributed by atoms with Gasteiger partial charge in [-0.3, -0.25) is 4.98 Å². The second-order valence-electron chi connectivity index (χ2n) is 1.60. The molecule has 3 nitrogen and oxygen atoms in total. The number of nitrogens with zero attached hydrogens (tertiary/aromatic N) is 3. The van der Waals surface area contributed by atoms with Crippen molar-refractivity contribution in [2.45, 2.75) is 0 Å². The molecule has 0 aliphatic carbocycles. The average molecular weight is 131 g/mol. The van der Waals surface area contributed by atoms with Crippen molar-refractivity contribution in [3.63, 3.8) is 0 Å². The molecule has 3 heteroatoms. The Morgan fingerprint density at radius 3 is 3.20 bits per heavy atom. The molecule has 0 saturated heterocycles. The van der Waals surface area contributed by atoms with Gasteiger partial charge in [0, 0.05) is 6.20 Å². The molecular weight excluding hydrogens is 126 g/mol. The minimum Gasteiger partial charge on any atom is -0.262 e. The lowest BCUT2D eigenvalue weighted by atomic mass is 10.4. The molecule has 0 atom stereocenters. The zero-order valence-corrected chi connectivity index (χ0v) is 5.23. The third kappa shape index (κ3) is 1.67. The van der Waals surface area contributed by atoms with E-state index in [0.717, 1.165) is 0 Å². The van der Waals surface area contributed by atoms with E-state index >= 15 is 0 Å². The van der Waals surface area contributed by atoms with E-state index in [9.17, 15) is 0 Å². The molecule has 0 aliphatic rings. The molecule has 1 rings (SSSR count). The Bertz CT molecular complexity index is 258. The second kappa shape index (κ2) is 3.36. The van der Waals surface area contributed by atoms with Gasteiger partial charge in [0.15, 0.2) is 0 Å². The van der Waals surface area contributed by atoms with E-state index in [0.29, 0.717) is 5.69 Å². The molecule has 0 saturated carbocycles. The summed E-state index contributed by atoms with van der Waals surface area (Å²) in [6.45, 7) is 0. The van der Waals surface area contributed by atoms with Crippen LogP contribution in [0.4, 0.5) is 5.69 Å². The summed E-state index contributed by atoms with van der Waals surface area (Å²) in [5.41, 5.74) is 0.698. The molecule has 0 N–H and O–H groups in total. The van der Waals surface area contributed by atoms with Crippen molar-refractivity contribution in [3.8, 4) is 6.07 Å². The van der Waals surface area contributed by atoms with Gasteiger partial charge in [-0.05, 0) is 12.1 Å². The summed E-state index contributed by atoms with van der Waals surface area (Å²) in [5, 5.41) is 8.11. The number of hydrogen-bond acceptors (Lipinski definition) is 3. The summed E-state index contributed by atoms with van der Waals surface area (Å²) in [4.78, 5) is 7.59. The summed E-state index contributed by atoms with van der Waals surface area (Å²) >= 11 is 0. The lowest BCUT2D eigenvalue weighted by Crippen LogP contribution is -1.68. The molecule has 10 heavy (non-hydrogen) atoms. The van der Waals surface area contributed by atoms with Crippen LogP contribution in [0.25, 0.3) is 0 Å². The lowest BCUT2D eigenvalue weighted by molar-refractivity contribution is 1.31. The normalized spacial score (nSPS) is 9.50. The van der Waals surface area contributed by atoms with Crippen molar-refractivity contribution in [1.29, 1.82) is 5.26 Å². The predicted molar refractivity (Wildman–Crippen MR) is 38.0 cm³/mol. The van der Waals surface area contributed by atoms with Crippen molar-refractivity contribution in [2.24, 2.45) is 4.99 Å². The van der Waals surface area contributed by atoms with Gasteiger partial charge in [0.25, 0.3) is 0 Å². The van der Waals surface area contributed by atoms with Crippen LogP contribution < -0.4 is 0 Å². The molecule has 0 aliphatic heterocycles. The van der Waals surface area contributed by atoms with Gasteiger partial charge >= 0.3 is 0 Å². The lowest BCUT2D eigenvalue weighted by Gasteiger charge is -1.85. The van der Waals surface area contributed by atoms with E-state index in [-0.39, 0.29) is 0 Å². The highest BCUT2D eigenvalue weighted by molar-refractivity contribution is 5.77. The first-order valence-corrected chi connectivity index (χ1v) is 2.75. The van der Waals surface area contributed by atoms with Crippen LogP contribution in [-0.4, -0.2) is 11.2 Å². The predicted octanol–water partition coefficient (Wildman–Crippen LogP) is 1.31. The van der Waals surface area contributed by atoms with E-state index in [1.54, 1.807) is 30.6 Å². The number of rotatable bonds is 1. The summed E-state index contributed by atoms with van der Waals surface area (Å²) in [6.07, 6.45) is 4.43. The largest absolute Gasteiger partial charge is 0.262 e. The van der Waals surface area contributed by atoms with E-state index in [1.807, 2.05) is 0 Å². The number of aromatic nitrogens is 1. The van der Waals surface area contributed by atoms with Gasteiger partial charge < -0.3 is 0 Å². The molecule has 1 heterocycles. The summed E-state index contributed by atoms with van der Waals surface area (Å²) in [7, 11) is 0. The van der Waals surface area contributed by atoms with Crippen LogP contribution in [0.5, 0.6) is 0 Å². The van der Waals surface area contributed by atoms with Gasteiger partial charge in [-0.15, -0.1) is 0 Å². The van der Waals surface area contributed by atoms with E-state index < -0.39 is 0 Å². The Hall–Kier alpha value is -1.69. The van der Waals surface area contributed by atoms with Crippen LogP contribution in [0.2, 0.25) is 0 Å². The quantitative estimate of drug-likeness (QED) is 0.539. The van der Waals surface area contributed by atoms with Crippen molar-refractivity contribution < 1.29 is 0 Å². The Balaban J connectivity index is 2.79. The van der Waals surface area contributed by atoms with Crippen LogP contribution in [0, 0.1) is 11.3 Å². The number of hydrogen-bond donors (Lipinski definition) is 0. The van der Waals surface area contributed by atoms with Crippen LogP contribution in [0.3, 0.4) is 0 Å². The van der Waals surface area contributed by atoms with E-state index in [1.165, 1.54) is 6.21 Å². The molecule has 0 spiro atoms. The van der Waals surface area contributed by atoms with Gasteiger partial charge in [-0.25, -0.2) is 4.99 Å². The third-order valence-corrected chi connectivity index (χ3v) is 0.917. The molecule has 1 aromatic heterocycles. The van der Waals surface area contributed by atoms with Crippen molar-refractivity contribution >= 4 is 11.9 Å². The Labute approximate surface area is 58.7 Å². The summed E-state index contributed by atoms with van der Waals surface area (Å²) in [6, 6.07) is 5.34. The fourth-order valence-electron chi connectivity index (χ4n) is 0.534. The molecule has 48 valence electrons.